The van der Waals surface area contributed by atoms with Crippen LogP contribution in [-0.4, -0.2) is 20.3 Å². The molecule has 0 saturated heterocycles. The first-order valence-electron chi connectivity index (χ1n) is 6.51. The normalized spacial score (nSPS) is 10.0. The molecule has 0 unspecified atom stereocenters. The Bertz CT molecular complexity index is 614. The Morgan fingerprint density at radius 1 is 1.00 bits per heavy atom. The molecule has 2 N–H and O–H groups in total. The molecule has 0 aromatic heterocycles. The molecule has 2 aromatic rings. The average Bonchev–Trinajstić information content (AvgIpc) is 2.48. The van der Waals surface area contributed by atoms with Crippen LogP contribution in [0, 0.1) is 0 Å². The second kappa shape index (κ2) is 7.31. The van der Waals surface area contributed by atoms with Crippen molar-refractivity contribution in [1.82, 2.24) is 0 Å². The van der Waals surface area contributed by atoms with Crippen molar-refractivity contribution in [2.45, 2.75) is 6.61 Å². The van der Waals surface area contributed by atoms with Crippen molar-refractivity contribution in [3.63, 3.8) is 0 Å². The quantitative estimate of drug-likeness (QED) is 0.884. The largest absolute Gasteiger partial charge is 0.497 e. The summed E-state index contributed by atoms with van der Waals surface area (Å²) in [5, 5.41) is 5.54. The molecule has 0 spiro atoms. The molecule has 0 bridgehead atoms. The molecule has 5 heteroatoms. The Balaban J connectivity index is 1.99. The fourth-order valence-corrected chi connectivity index (χ4v) is 1.90. The van der Waals surface area contributed by atoms with Crippen LogP contribution in [0.4, 0.5) is 16.2 Å². The lowest BCUT2D eigenvalue weighted by Gasteiger charge is -2.09. The van der Waals surface area contributed by atoms with Gasteiger partial charge in [0.1, 0.15) is 5.75 Å². The monoisotopic (exact) mass is 286 g/mol. The lowest BCUT2D eigenvalue weighted by molar-refractivity contribution is 0.185. The van der Waals surface area contributed by atoms with Gasteiger partial charge >= 0.3 is 6.03 Å². The van der Waals surface area contributed by atoms with Gasteiger partial charge < -0.3 is 20.1 Å². The van der Waals surface area contributed by atoms with E-state index in [4.69, 9.17) is 9.47 Å². The number of hydrogen-bond donors (Lipinski definition) is 2. The zero-order valence-electron chi connectivity index (χ0n) is 12.1. The predicted octanol–water partition coefficient (Wildman–Crippen LogP) is 3.49. The second-order valence-electron chi connectivity index (χ2n) is 4.44. The molecule has 0 atom stereocenters. The fraction of sp³-hybridized carbons (Fsp3) is 0.188. The topological polar surface area (TPSA) is 59.6 Å². The van der Waals surface area contributed by atoms with E-state index in [1.807, 2.05) is 36.4 Å². The van der Waals surface area contributed by atoms with Gasteiger partial charge in [-0.15, -0.1) is 0 Å². The maximum Gasteiger partial charge on any atom is 0.323 e. The standard InChI is InChI=1S/C16H18N2O3/c1-20-11-12-5-3-6-13(9-12)17-16(19)18-14-7-4-8-15(10-14)21-2/h3-10H,11H2,1-2H3,(H2,17,18,19). The van der Waals surface area contributed by atoms with Crippen LogP contribution in [0.3, 0.4) is 0 Å². The molecule has 0 radical (unpaired) electrons. The number of carbonyl (C=O) groups excluding carboxylic acids is 1. The van der Waals surface area contributed by atoms with Crippen molar-refractivity contribution in [2.24, 2.45) is 0 Å². The van der Waals surface area contributed by atoms with E-state index in [1.165, 1.54) is 0 Å². The summed E-state index contributed by atoms with van der Waals surface area (Å²) in [4.78, 5) is 12.0. The summed E-state index contributed by atoms with van der Waals surface area (Å²) in [5.41, 5.74) is 2.38. The minimum absolute atomic E-state index is 0.308. The average molecular weight is 286 g/mol. The first-order chi connectivity index (χ1) is 10.2. The minimum Gasteiger partial charge on any atom is -0.497 e. The van der Waals surface area contributed by atoms with Crippen LogP contribution >= 0.6 is 0 Å². The summed E-state index contributed by atoms with van der Waals surface area (Å²) in [7, 11) is 3.22. The number of anilines is 2. The molecular formula is C16H18N2O3. The molecule has 2 amide bonds. The predicted molar refractivity (Wildman–Crippen MR) is 82.8 cm³/mol. The van der Waals surface area contributed by atoms with Gasteiger partial charge in [-0.05, 0) is 29.8 Å². The van der Waals surface area contributed by atoms with E-state index in [0.717, 1.165) is 5.56 Å². The SMILES string of the molecule is COCc1cccc(NC(=O)Nc2cccc(OC)c2)c1. The lowest BCUT2D eigenvalue weighted by Crippen LogP contribution is -2.19. The Labute approximate surface area is 123 Å². The number of urea groups is 1. The number of carbonyl (C=O) groups is 1. The maximum atomic E-state index is 12.0. The summed E-state index contributed by atoms with van der Waals surface area (Å²) in [6.45, 7) is 0.507. The smallest absolute Gasteiger partial charge is 0.323 e. The molecule has 0 aliphatic carbocycles. The van der Waals surface area contributed by atoms with Gasteiger partial charge in [-0.25, -0.2) is 4.79 Å². The van der Waals surface area contributed by atoms with Crippen LogP contribution in [0.5, 0.6) is 5.75 Å². The molecule has 0 fully saturated rings. The van der Waals surface area contributed by atoms with E-state index in [1.54, 1.807) is 26.4 Å². The molecular weight excluding hydrogens is 268 g/mol. The molecule has 21 heavy (non-hydrogen) atoms. The van der Waals surface area contributed by atoms with Gasteiger partial charge in [0, 0.05) is 24.6 Å². The molecule has 5 nitrogen and oxygen atoms in total. The summed E-state index contributed by atoms with van der Waals surface area (Å²) in [6, 6.07) is 14.4. The molecule has 0 aliphatic rings. The zero-order valence-corrected chi connectivity index (χ0v) is 12.1. The number of ether oxygens (including phenoxy) is 2. The number of hydrogen-bond acceptors (Lipinski definition) is 3. The van der Waals surface area contributed by atoms with E-state index >= 15 is 0 Å². The maximum absolute atomic E-state index is 12.0. The third-order valence-electron chi connectivity index (χ3n) is 2.82. The van der Waals surface area contributed by atoms with Crippen LogP contribution in [0.2, 0.25) is 0 Å². The molecule has 0 heterocycles. The molecule has 2 aromatic carbocycles. The summed E-state index contributed by atoms with van der Waals surface area (Å²) >= 11 is 0. The van der Waals surface area contributed by atoms with Gasteiger partial charge in [0.25, 0.3) is 0 Å². The number of benzene rings is 2. The van der Waals surface area contributed by atoms with Gasteiger partial charge in [-0.2, -0.15) is 0 Å². The number of amides is 2. The number of nitrogens with one attached hydrogen (secondary N) is 2. The van der Waals surface area contributed by atoms with E-state index < -0.39 is 0 Å². The van der Waals surface area contributed by atoms with Gasteiger partial charge in [-0.1, -0.05) is 18.2 Å². The van der Waals surface area contributed by atoms with Crippen LogP contribution in [0.15, 0.2) is 48.5 Å². The van der Waals surface area contributed by atoms with Gasteiger partial charge in [0.2, 0.25) is 0 Å². The third kappa shape index (κ3) is 4.50. The Morgan fingerprint density at radius 3 is 2.33 bits per heavy atom. The minimum atomic E-state index is -0.308. The Kier molecular flexibility index (Phi) is 5.17. The lowest BCUT2D eigenvalue weighted by atomic mass is 10.2. The molecule has 110 valence electrons. The highest BCUT2D eigenvalue weighted by atomic mass is 16.5. The molecule has 0 aliphatic heterocycles. The van der Waals surface area contributed by atoms with Crippen LogP contribution < -0.4 is 15.4 Å². The first-order valence-corrected chi connectivity index (χ1v) is 6.51. The van der Waals surface area contributed by atoms with Crippen molar-refractivity contribution >= 4 is 17.4 Å². The van der Waals surface area contributed by atoms with E-state index in [-0.39, 0.29) is 6.03 Å². The van der Waals surface area contributed by atoms with E-state index in [9.17, 15) is 4.79 Å². The van der Waals surface area contributed by atoms with E-state index in [0.29, 0.717) is 23.7 Å². The highest BCUT2D eigenvalue weighted by Gasteiger charge is 2.04. The number of methoxy groups -OCH3 is 2. The molecule has 0 saturated carbocycles. The highest BCUT2D eigenvalue weighted by Crippen LogP contribution is 2.17. The Hall–Kier alpha value is -2.53. The third-order valence-corrected chi connectivity index (χ3v) is 2.82. The Morgan fingerprint density at radius 2 is 1.67 bits per heavy atom. The van der Waals surface area contributed by atoms with Crippen LogP contribution in [-0.2, 0) is 11.3 Å². The first kappa shape index (κ1) is 14.9. The van der Waals surface area contributed by atoms with E-state index in [2.05, 4.69) is 10.6 Å². The van der Waals surface area contributed by atoms with Crippen LogP contribution in [0.25, 0.3) is 0 Å². The van der Waals surface area contributed by atoms with Crippen molar-refractivity contribution in [1.29, 1.82) is 0 Å². The van der Waals surface area contributed by atoms with Gasteiger partial charge in [0.15, 0.2) is 0 Å². The fourth-order valence-electron chi connectivity index (χ4n) is 1.90. The summed E-state index contributed by atoms with van der Waals surface area (Å²) < 4.78 is 10.2. The highest BCUT2D eigenvalue weighted by molar-refractivity contribution is 5.99. The second-order valence-corrected chi connectivity index (χ2v) is 4.44. The summed E-state index contributed by atoms with van der Waals surface area (Å²) in [6.07, 6.45) is 0. The van der Waals surface area contributed by atoms with Crippen LogP contribution in [0.1, 0.15) is 5.56 Å². The zero-order chi connectivity index (χ0) is 15.1. The number of rotatable bonds is 5. The summed E-state index contributed by atoms with van der Waals surface area (Å²) in [5.74, 6) is 0.690. The van der Waals surface area contributed by atoms with Crippen molar-refractivity contribution in [3.05, 3.63) is 54.1 Å². The van der Waals surface area contributed by atoms with Gasteiger partial charge in [-0.3, -0.25) is 0 Å². The molecule has 2 rings (SSSR count). The van der Waals surface area contributed by atoms with Crippen molar-refractivity contribution in [2.75, 3.05) is 24.9 Å². The van der Waals surface area contributed by atoms with Crippen molar-refractivity contribution in [3.8, 4) is 5.75 Å². The van der Waals surface area contributed by atoms with Crippen molar-refractivity contribution < 1.29 is 14.3 Å². The van der Waals surface area contributed by atoms with Gasteiger partial charge in [0.05, 0.1) is 13.7 Å².